The van der Waals surface area contributed by atoms with E-state index >= 15 is 0 Å². The Bertz CT molecular complexity index is 620. The summed E-state index contributed by atoms with van der Waals surface area (Å²) in [6.45, 7) is 6.17. The third-order valence-electron chi connectivity index (χ3n) is 3.59. The molecule has 2 heterocycles. The number of nitrogens with zero attached hydrogens (tertiary/aromatic N) is 2. The molecule has 0 saturated heterocycles. The molecule has 2 aromatic rings. The van der Waals surface area contributed by atoms with E-state index in [0.29, 0.717) is 5.92 Å². The zero-order valence-corrected chi connectivity index (χ0v) is 13.4. The van der Waals surface area contributed by atoms with E-state index < -0.39 is 0 Å². The Hall–Kier alpha value is -1.26. The number of nitrogens with one attached hydrogen (secondary N) is 1. The molecule has 1 aliphatic heterocycles. The summed E-state index contributed by atoms with van der Waals surface area (Å²) in [6.07, 6.45) is 0.792. The van der Waals surface area contributed by atoms with Gasteiger partial charge < -0.3 is 5.32 Å². The summed E-state index contributed by atoms with van der Waals surface area (Å²) >= 11 is 3.46. The highest BCUT2D eigenvalue weighted by atomic mass is 79.9. The average Bonchev–Trinajstić information content (AvgIpc) is 2.88. The van der Waals surface area contributed by atoms with Crippen LogP contribution in [0.2, 0.25) is 0 Å². The largest absolute Gasteiger partial charge is 0.307 e. The third kappa shape index (κ3) is 2.76. The first-order chi connectivity index (χ1) is 9.63. The van der Waals surface area contributed by atoms with E-state index in [4.69, 9.17) is 9.97 Å². The topological polar surface area (TPSA) is 37.8 Å². The van der Waals surface area contributed by atoms with E-state index in [0.717, 1.165) is 29.8 Å². The van der Waals surface area contributed by atoms with E-state index in [9.17, 15) is 0 Å². The molecule has 0 fully saturated rings. The number of rotatable bonds is 3. The molecule has 104 valence electrons. The molecule has 20 heavy (non-hydrogen) atoms. The standard InChI is InChI=1S/C16H18BrN3/c1-10(2)16-13-8-18-9-14(13)19-15(20-16)7-11-3-5-12(17)6-4-11/h3-6,10,18H,7-9H2,1-2H3. The maximum atomic E-state index is 4.80. The lowest BCUT2D eigenvalue weighted by Crippen LogP contribution is -2.08. The van der Waals surface area contributed by atoms with Gasteiger partial charge in [0.2, 0.25) is 0 Å². The van der Waals surface area contributed by atoms with Gasteiger partial charge in [-0.15, -0.1) is 0 Å². The van der Waals surface area contributed by atoms with Crippen LogP contribution < -0.4 is 5.32 Å². The molecule has 1 aromatic carbocycles. The fraction of sp³-hybridized carbons (Fsp3) is 0.375. The Balaban J connectivity index is 1.94. The van der Waals surface area contributed by atoms with Gasteiger partial charge in [-0.25, -0.2) is 9.97 Å². The Kier molecular flexibility index (Phi) is 3.85. The van der Waals surface area contributed by atoms with Crippen LogP contribution in [0, 0.1) is 0 Å². The molecule has 0 spiro atoms. The normalized spacial score (nSPS) is 13.8. The lowest BCUT2D eigenvalue weighted by atomic mass is 10.0. The maximum absolute atomic E-state index is 4.80. The molecule has 0 saturated carbocycles. The van der Waals surface area contributed by atoms with Gasteiger partial charge in [0, 0.05) is 29.5 Å². The first-order valence-corrected chi connectivity index (χ1v) is 7.76. The van der Waals surface area contributed by atoms with Gasteiger partial charge >= 0.3 is 0 Å². The van der Waals surface area contributed by atoms with E-state index in [-0.39, 0.29) is 0 Å². The van der Waals surface area contributed by atoms with Crippen LogP contribution in [0.15, 0.2) is 28.7 Å². The second-order valence-corrected chi connectivity index (χ2v) is 6.43. The fourth-order valence-corrected chi connectivity index (χ4v) is 2.85. The molecular weight excluding hydrogens is 314 g/mol. The minimum absolute atomic E-state index is 0.440. The van der Waals surface area contributed by atoms with E-state index in [2.05, 4.69) is 59.4 Å². The molecule has 1 aliphatic rings. The highest BCUT2D eigenvalue weighted by molar-refractivity contribution is 9.10. The van der Waals surface area contributed by atoms with Gasteiger partial charge in [-0.2, -0.15) is 0 Å². The molecule has 0 aliphatic carbocycles. The fourth-order valence-electron chi connectivity index (χ4n) is 2.59. The second-order valence-electron chi connectivity index (χ2n) is 5.51. The summed E-state index contributed by atoms with van der Waals surface area (Å²) in [5, 5.41) is 3.37. The molecule has 4 heteroatoms. The first kappa shape index (κ1) is 13.7. The highest BCUT2D eigenvalue weighted by Gasteiger charge is 2.20. The van der Waals surface area contributed by atoms with E-state index in [1.807, 2.05) is 0 Å². The van der Waals surface area contributed by atoms with Crippen LogP contribution >= 0.6 is 15.9 Å². The number of hydrogen-bond acceptors (Lipinski definition) is 3. The van der Waals surface area contributed by atoms with Crippen molar-refractivity contribution in [3.8, 4) is 0 Å². The highest BCUT2D eigenvalue weighted by Crippen LogP contribution is 2.24. The second kappa shape index (κ2) is 5.62. The zero-order valence-electron chi connectivity index (χ0n) is 11.8. The van der Waals surface area contributed by atoms with Crippen LogP contribution in [0.25, 0.3) is 0 Å². The monoisotopic (exact) mass is 331 g/mol. The van der Waals surface area contributed by atoms with Crippen molar-refractivity contribution in [1.82, 2.24) is 15.3 Å². The average molecular weight is 332 g/mol. The van der Waals surface area contributed by atoms with E-state index in [1.54, 1.807) is 0 Å². The summed E-state index contributed by atoms with van der Waals surface area (Å²) in [6, 6.07) is 8.36. The van der Waals surface area contributed by atoms with Crippen molar-refractivity contribution in [2.45, 2.75) is 39.3 Å². The van der Waals surface area contributed by atoms with Crippen molar-refractivity contribution in [3.63, 3.8) is 0 Å². The minimum Gasteiger partial charge on any atom is -0.307 e. The van der Waals surface area contributed by atoms with Gasteiger partial charge in [0.1, 0.15) is 5.82 Å². The van der Waals surface area contributed by atoms with Gasteiger partial charge in [-0.05, 0) is 23.6 Å². The molecule has 1 N–H and O–H groups in total. The number of halogens is 1. The van der Waals surface area contributed by atoms with Crippen LogP contribution in [0.5, 0.6) is 0 Å². The minimum atomic E-state index is 0.440. The van der Waals surface area contributed by atoms with Crippen molar-refractivity contribution in [2.24, 2.45) is 0 Å². The predicted octanol–water partition coefficient (Wildman–Crippen LogP) is 3.56. The quantitative estimate of drug-likeness (QED) is 0.934. The zero-order chi connectivity index (χ0) is 14.1. The van der Waals surface area contributed by atoms with Gasteiger partial charge in [0.15, 0.2) is 0 Å². The van der Waals surface area contributed by atoms with Gasteiger partial charge in [0.25, 0.3) is 0 Å². The number of benzene rings is 1. The van der Waals surface area contributed by atoms with Crippen LogP contribution in [0.4, 0.5) is 0 Å². The summed E-state index contributed by atoms with van der Waals surface area (Å²) in [5.41, 5.74) is 4.93. The van der Waals surface area contributed by atoms with Crippen LogP contribution in [-0.4, -0.2) is 9.97 Å². The van der Waals surface area contributed by atoms with Gasteiger partial charge in [0.05, 0.1) is 11.4 Å². The Morgan fingerprint density at radius 3 is 2.60 bits per heavy atom. The molecule has 0 bridgehead atoms. The maximum Gasteiger partial charge on any atom is 0.133 e. The van der Waals surface area contributed by atoms with Gasteiger partial charge in [-0.3, -0.25) is 0 Å². The number of hydrogen-bond donors (Lipinski definition) is 1. The van der Waals surface area contributed by atoms with Crippen LogP contribution in [0.3, 0.4) is 0 Å². The Labute approximate surface area is 128 Å². The van der Waals surface area contributed by atoms with Crippen molar-refractivity contribution in [3.05, 3.63) is 57.1 Å². The summed E-state index contributed by atoms with van der Waals surface area (Å²) in [5.74, 6) is 1.37. The van der Waals surface area contributed by atoms with Crippen molar-refractivity contribution < 1.29 is 0 Å². The first-order valence-electron chi connectivity index (χ1n) is 6.97. The molecular formula is C16H18BrN3. The van der Waals surface area contributed by atoms with Crippen molar-refractivity contribution in [2.75, 3.05) is 0 Å². The molecule has 0 amide bonds. The Morgan fingerprint density at radius 1 is 1.15 bits per heavy atom. The molecule has 1 aromatic heterocycles. The van der Waals surface area contributed by atoms with Crippen LogP contribution in [-0.2, 0) is 19.5 Å². The predicted molar refractivity (Wildman–Crippen MR) is 83.6 cm³/mol. The summed E-state index contributed by atoms with van der Waals surface area (Å²) in [7, 11) is 0. The number of aromatic nitrogens is 2. The van der Waals surface area contributed by atoms with Crippen LogP contribution in [0.1, 0.15) is 48.1 Å². The smallest absolute Gasteiger partial charge is 0.133 e. The molecule has 3 nitrogen and oxygen atoms in total. The summed E-state index contributed by atoms with van der Waals surface area (Å²) < 4.78 is 1.10. The van der Waals surface area contributed by atoms with Crippen molar-refractivity contribution >= 4 is 15.9 Å². The molecule has 3 rings (SSSR count). The SMILES string of the molecule is CC(C)c1nc(Cc2ccc(Br)cc2)nc2c1CNC2. The van der Waals surface area contributed by atoms with E-state index in [1.165, 1.54) is 22.5 Å². The Morgan fingerprint density at radius 2 is 1.90 bits per heavy atom. The molecule has 0 radical (unpaired) electrons. The van der Waals surface area contributed by atoms with Crippen molar-refractivity contribution in [1.29, 1.82) is 0 Å². The molecule has 0 atom stereocenters. The lowest BCUT2D eigenvalue weighted by Gasteiger charge is -2.12. The lowest BCUT2D eigenvalue weighted by molar-refractivity contribution is 0.745. The number of fused-ring (bicyclic) bond motifs is 1. The van der Waals surface area contributed by atoms with Gasteiger partial charge in [-0.1, -0.05) is 41.9 Å². The molecule has 0 unspecified atom stereocenters. The summed E-state index contributed by atoms with van der Waals surface area (Å²) in [4.78, 5) is 9.53. The third-order valence-corrected chi connectivity index (χ3v) is 4.12.